The molecule has 0 saturated carbocycles. The number of aryl methyl sites for hydroxylation is 2. The van der Waals surface area contributed by atoms with Gasteiger partial charge in [0.15, 0.2) is 0 Å². The molecule has 0 aromatic heterocycles. The maximum absolute atomic E-state index is 12.4. The molecule has 2 rings (SSSR count). The van der Waals surface area contributed by atoms with Gasteiger partial charge in [0.1, 0.15) is 0 Å². The van der Waals surface area contributed by atoms with Crippen LogP contribution in [0.2, 0.25) is 0 Å². The van der Waals surface area contributed by atoms with Crippen LogP contribution in [0.15, 0.2) is 36.4 Å². The van der Waals surface area contributed by atoms with Crippen molar-refractivity contribution >= 4 is 33.0 Å². The van der Waals surface area contributed by atoms with Crippen LogP contribution in [0.5, 0.6) is 0 Å². The van der Waals surface area contributed by atoms with Crippen LogP contribution in [0, 0.1) is 24.0 Å². The maximum Gasteiger partial charge on any atom is 0.271 e. The minimum atomic E-state index is -3.41. The van der Waals surface area contributed by atoms with Crippen molar-refractivity contribution in [2.24, 2.45) is 0 Å². The summed E-state index contributed by atoms with van der Waals surface area (Å²) in [5, 5.41) is 13.5. The maximum atomic E-state index is 12.4. The van der Waals surface area contributed by atoms with Crippen molar-refractivity contribution in [3.63, 3.8) is 0 Å². The number of benzene rings is 2. The molecular weight excluding hydrogens is 346 g/mol. The number of hydrogen-bond acceptors (Lipinski definition) is 5. The third-order valence-corrected chi connectivity index (χ3v) is 4.05. The van der Waals surface area contributed by atoms with E-state index in [2.05, 4.69) is 10.0 Å². The van der Waals surface area contributed by atoms with Crippen molar-refractivity contribution in [1.82, 2.24) is 0 Å². The number of carbonyl (C=O) groups excluding carboxylic acids is 1. The van der Waals surface area contributed by atoms with Gasteiger partial charge in [-0.3, -0.25) is 19.6 Å². The molecule has 8 nitrogen and oxygen atoms in total. The number of amides is 1. The Morgan fingerprint density at radius 2 is 1.72 bits per heavy atom. The van der Waals surface area contributed by atoms with Gasteiger partial charge in [0.2, 0.25) is 10.0 Å². The van der Waals surface area contributed by atoms with Crippen molar-refractivity contribution in [3.05, 3.63) is 63.2 Å². The highest BCUT2D eigenvalue weighted by Crippen LogP contribution is 2.23. The lowest BCUT2D eigenvalue weighted by atomic mass is 10.1. The first-order valence-corrected chi connectivity index (χ1v) is 9.11. The lowest BCUT2D eigenvalue weighted by molar-refractivity contribution is -0.384. The molecule has 0 radical (unpaired) electrons. The van der Waals surface area contributed by atoms with Gasteiger partial charge in [0.05, 0.1) is 22.6 Å². The van der Waals surface area contributed by atoms with Gasteiger partial charge < -0.3 is 5.32 Å². The fourth-order valence-corrected chi connectivity index (χ4v) is 2.80. The number of carbonyl (C=O) groups is 1. The number of non-ortho nitro benzene ring substituents is 1. The predicted molar refractivity (Wildman–Crippen MR) is 95.4 cm³/mol. The lowest BCUT2D eigenvalue weighted by Gasteiger charge is -2.11. The number of hydrogen-bond donors (Lipinski definition) is 2. The molecule has 0 aliphatic heterocycles. The molecule has 0 spiro atoms. The normalized spacial score (nSPS) is 11.0. The number of sulfonamides is 1. The van der Waals surface area contributed by atoms with E-state index in [-0.39, 0.29) is 5.69 Å². The van der Waals surface area contributed by atoms with E-state index < -0.39 is 20.9 Å². The summed E-state index contributed by atoms with van der Waals surface area (Å²) in [5.41, 5.74) is 2.17. The Labute approximate surface area is 145 Å². The first-order chi connectivity index (χ1) is 11.6. The summed E-state index contributed by atoms with van der Waals surface area (Å²) in [4.78, 5) is 22.7. The Morgan fingerprint density at radius 1 is 1.04 bits per heavy atom. The Kier molecular flexibility index (Phi) is 5.07. The summed E-state index contributed by atoms with van der Waals surface area (Å²) in [6.07, 6.45) is 1.04. The van der Waals surface area contributed by atoms with E-state index >= 15 is 0 Å². The highest BCUT2D eigenvalue weighted by molar-refractivity contribution is 7.92. The van der Waals surface area contributed by atoms with Crippen LogP contribution in [-0.4, -0.2) is 25.5 Å². The monoisotopic (exact) mass is 363 g/mol. The van der Waals surface area contributed by atoms with Crippen molar-refractivity contribution in [3.8, 4) is 0 Å². The summed E-state index contributed by atoms with van der Waals surface area (Å²) >= 11 is 0. The minimum absolute atomic E-state index is 0.121. The number of nitro benzene ring substituents is 1. The summed E-state index contributed by atoms with van der Waals surface area (Å²) in [5.74, 6) is -0.447. The molecule has 0 bridgehead atoms. The molecule has 25 heavy (non-hydrogen) atoms. The van der Waals surface area contributed by atoms with Gasteiger partial charge in [-0.1, -0.05) is 6.07 Å². The second-order valence-corrected chi connectivity index (χ2v) is 7.36. The van der Waals surface area contributed by atoms with Gasteiger partial charge in [-0.25, -0.2) is 8.42 Å². The molecule has 0 aliphatic carbocycles. The Hall–Kier alpha value is -2.94. The van der Waals surface area contributed by atoms with E-state index in [1.54, 1.807) is 19.9 Å². The summed E-state index contributed by atoms with van der Waals surface area (Å²) < 4.78 is 24.9. The van der Waals surface area contributed by atoms with Crippen molar-refractivity contribution < 1.29 is 18.1 Å². The Morgan fingerprint density at radius 3 is 2.28 bits per heavy atom. The van der Waals surface area contributed by atoms with E-state index in [0.717, 1.165) is 6.26 Å². The standard InChI is InChI=1S/C16H17N3O5S/c1-10-4-6-13(19(21)22)9-15(10)17-16(20)12-5-7-14(11(2)8-12)18-25(3,23)24/h4-9,18H,1-3H3,(H,17,20). The van der Waals surface area contributed by atoms with Crippen LogP contribution >= 0.6 is 0 Å². The van der Waals surface area contributed by atoms with Gasteiger partial charge >= 0.3 is 0 Å². The second kappa shape index (κ2) is 6.89. The highest BCUT2D eigenvalue weighted by atomic mass is 32.2. The summed E-state index contributed by atoms with van der Waals surface area (Å²) in [7, 11) is -3.41. The molecule has 2 N–H and O–H groups in total. The van der Waals surface area contributed by atoms with Gasteiger partial charge in [-0.15, -0.1) is 0 Å². The molecular formula is C16H17N3O5S. The second-order valence-electron chi connectivity index (χ2n) is 5.61. The van der Waals surface area contributed by atoms with Gasteiger partial charge in [-0.05, 0) is 43.2 Å². The zero-order chi connectivity index (χ0) is 18.8. The summed E-state index contributed by atoms with van der Waals surface area (Å²) in [6.45, 7) is 3.40. The van der Waals surface area contributed by atoms with Crippen LogP contribution in [0.4, 0.5) is 17.1 Å². The number of rotatable bonds is 5. The molecule has 9 heteroatoms. The third kappa shape index (κ3) is 4.77. The van der Waals surface area contributed by atoms with E-state index in [0.29, 0.717) is 28.1 Å². The van der Waals surface area contributed by atoms with Gasteiger partial charge in [0, 0.05) is 17.7 Å². The third-order valence-electron chi connectivity index (χ3n) is 3.46. The molecule has 132 valence electrons. The molecule has 0 aliphatic rings. The van der Waals surface area contributed by atoms with E-state index in [1.807, 2.05) is 0 Å². The zero-order valence-corrected chi connectivity index (χ0v) is 14.7. The average molecular weight is 363 g/mol. The molecule has 0 unspecified atom stereocenters. The van der Waals surface area contributed by atoms with Crippen molar-refractivity contribution in [2.45, 2.75) is 13.8 Å². The molecule has 2 aromatic carbocycles. The topological polar surface area (TPSA) is 118 Å². The summed E-state index contributed by atoms with van der Waals surface area (Å²) in [6, 6.07) is 8.71. The van der Waals surface area contributed by atoms with Crippen LogP contribution in [0.3, 0.4) is 0 Å². The van der Waals surface area contributed by atoms with Crippen LogP contribution in [-0.2, 0) is 10.0 Å². The molecule has 0 atom stereocenters. The van der Waals surface area contributed by atoms with Gasteiger partial charge in [0.25, 0.3) is 11.6 Å². The fourth-order valence-electron chi connectivity index (χ4n) is 2.17. The molecule has 2 aromatic rings. The van der Waals surface area contributed by atoms with Crippen LogP contribution in [0.25, 0.3) is 0 Å². The van der Waals surface area contributed by atoms with E-state index in [1.165, 1.54) is 30.3 Å². The highest BCUT2D eigenvalue weighted by Gasteiger charge is 2.14. The number of anilines is 2. The predicted octanol–water partition coefficient (Wildman–Crippen LogP) is 2.84. The number of nitro groups is 1. The largest absolute Gasteiger partial charge is 0.321 e. The SMILES string of the molecule is Cc1ccc([N+](=O)[O-])cc1NC(=O)c1ccc(NS(C)(=O)=O)c(C)c1. The quantitative estimate of drug-likeness (QED) is 0.625. The molecule has 1 amide bonds. The lowest BCUT2D eigenvalue weighted by Crippen LogP contribution is -2.14. The molecule has 0 fully saturated rings. The number of nitrogens with one attached hydrogen (secondary N) is 2. The fraction of sp³-hybridized carbons (Fsp3) is 0.188. The average Bonchev–Trinajstić information content (AvgIpc) is 2.49. The smallest absolute Gasteiger partial charge is 0.271 e. The van der Waals surface area contributed by atoms with Crippen molar-refractivity contribution in [2.75, 3.05) is 16.3 Å². The first-order valence-electron chi connectivity index (χ1n) is 7.21. The van der Waals surface area contributed by atoms with E-state index in [4.69, 9.17) is 0 Å². The van der Waals surface area contributed by atoms with Crippen LogP contribution < -0.4 is 10.0 Å². The van der Waals surface area contributed by atoms with Crippen molar-refractivity contribution in [1.29, 1.82) is 0 Å². The molecule has 0 heterocycles. The first kappa shape index (κ1) is 18.4. The molecule has 0 saturated heterocycles. The van der Waals surface area contributed by atoms with Crippen LogP contribution in [0.1, 0.15) is 21.5 Å². The number of nitrogens with zero attached hydrogens (tertiary/aromatic N) is 1. The zero-order valence-electron chi connectivity index (χ0n) is 13.9. The Balaban J connectivity index is 2.26. The minimum Gasteiger partial charge on any atom is -0.321 e. The Bertz CT molecular complexity index is 954. The van der Waals surface area contributed by atoms with Gasteiger partial charge in [-0.2, -0.15) is 0 Å². The van der Waals surface area contributed by atoms with E-state index in [9.17, 15) is 23.3 Å².